The minimum absolute atomic E-state index is 0.205. The molecule has 3 aromatic rings. The van der Waals surface area contributed by atoms with Gasteiger partial charge in [0.15, 0.2) is 6.10 Å². The van der Waals surface area contributed by atoms with Crippen LogP contribution in [0.2, 0.25) is 0 Å². The Labute approximate surface area is 162 Å². The minimum atomic E-state index is -0.852. The Morgan fingerprint density at radius 1 is 1.11 bits per heavy atom. The van der Waals surface area contributed by atoms with Crippen molar-refractivity contribution in [2.24, 2.45) is 0 Å². The molecule has 0 N–H and O–H groups in total. The first-order chi connectivity index (χ1) is 13.0. The summed E-state index contributed by atoms with van der Waals surface area (Å²) < 4.78 is 7.32. The molecule has 0 unspecified atom stereocenters. The SMILES string of the molecule is Cc1cc(C(=O)[C@H](C)OC(=O)/C=C/c2cccs2)c(C)n1-c1ccccc1. The summed E-state index contributed by atoms with van der Waals surface area (Å²) in [6, 6.07) is 15.5. The van der Waals surface area contributed by atoms with Gasteiger partial charge in [-0.1, -0.05) is 24.3 Å². The minimum Gasteiger partial charge on any atom is -0.451 e. The first kappa shape index (κ1) is 18.9. The van der Waals surface area contributed by atoms with E-state index < -0.39 is 12.1 Å². The van der Waals surface area contributed by atoms with Gasteiger partial charge in [-0.2, -0.15) is 0 Å². The summed E-state index contributed by atoms with van der Waals surface area (Å²) in [4.78, 5) is 25.8. The zero-order chi connectivity index (χ0) is 19.4. The smallest absolute Gasteiger partial charge is 0.331 e. The van der Waals surface area contributed by atoms with E-state index in [0.29, 0.717) is 5.56 Å². The summed E-state index contributed by atoms with van der Waals surface area (Å²) in [7, 11) is 0. The lowest BCUT2D eigenvalue weighted by Gasteiger charge is -2.12. The largest absolute Gasteiger partial charge is 0.451 e. The van der Waals surface area contributed by atoms with E-state index in [1.807, 2.05) is 72.3 Å². The molecule has 0 amide bonds. The Balaban J connectivity index is 1.75. The number of hydrogen-bond acceptors (Lipinski definition) is 4. The molecule has 0 aliphatic heterocycles. The van der Waals surface area contributed by atoms with Crippen LogP contribution in [0.25, 0.3) is 11.8 Å². The average Bonchev–Trinajstić information content (AvgIpc) is 3.28. The van der Waals surface area contributed by atoms with Gasteiger partial charge in [0.1, 0.15) is 0 Å². The van der Waals surface area contributed by atoms with E-state index in [9.17, 15) is 9.59 Å². The number of ether oxygens (including phenoxy) is 1. The Morgan fingerprint density at radius 2 is 1.85 bits per heavy atom. The van der Waals surface area contributed by atoms with Gasteiger partial charge in [0.2, 0.25) is 5.78 Å². The third-order valence-corrected chi connectivity index (χ3v) is 5.14. The van der Waals surface area contributed by atoms with Crippen molar-refractivity contribution in [3.05, 3.63) is 81.8 Å². The molecule has 0 radical (unpaired) electrons. The number of Topliss-reactive ketones (excluding diaryl/α,β-unsaturated/α-hetero) is 1. The fraction of sp³-hybridized carbons (Fsp3) is 0.182. The molecule has 0 aliphatic rings. The maximum atomic E-state index is 12.8. The van der Waals surface area contributed by atoms with E-state index in [2.05, 4.69) is 0 Å². The Bertz CT molecular complexity index is 969. The van der Waals surface area contributed by atoms with Gasteiger partial charge < -0.3 is 9.30 Å². The summed E-state index contributed by atoms with van der Waals surface area (Å²) in [5, 5.41) is 1.93. The number of para-hydroxylation sites is 1. The highest BCUT2D eigenvalue weighted by Crippen LogP contribution is 2.22. The molecule has 138 valence electrons. The summed E-state index contributed by atoms with van der Waals surface area (Å²) in [6.45, 7) is 5.46. The molecular formula is C22H21NO3S. The van der Waals surface area contributed by atoms with Crippen molar-refractivity contribution in [1.29, 1.82) is 0 Å². The van der Waals surface area contributed by atoms with E-state index in [1.54, 1.807) is 13.0 Å². The summed E-state index contributed by atoms with van der Waals surface area (Å²) in [5.41, 5.74) is 3.35. The van der Waals surface area contributed by atoms with Crippen molar-refractivity contribution in [1.82, 2.24) is 4.57 Å². The number of hydrogen-bond donors (Lipinski definition) is 0. The number of aryl methyl sites for hydroxylation is 1. The number of aromatic nitrogens is 1. The molecule has 2 aromatic heterocycles. The molecule has 2 heterocycles. The van der Waals surface area contributed by atoms with Crippen molar-refractivity contribution in [3.8, 4) is 5.69 Å². The molecule has 1 atom stereocenters. The Hall–Kier alpha value is -2.92. The van der Waals surface area contributed by atoms with E-state index in [-0.39, 0.29) is 5.78 Å². The molecule has 1 aromatic carbocycles. The maximum absolute atomic E-state index is 12.8. The van der Waals surface area contributed by atoms with Gasteiger partial charge in [0.05, 0.1) is 0 Å². The number of carbonyl (C=O) groups is 2. The summed E-state index contributed by atoms with van der Waals surface area (Å²) >= 11 is 1.53. The molecule has 0 bridgehead atoms. The molecule has 3 rings (SSSR count). The second-order valence-corrected chi connectivity index (χ2v) is 7.23. The number of rotatable bonds is 6. The zero-order valence-electron chi connectivity index (χ0n) is 15.5. The quantitative estimate of drug-likeness (QED) is 0.345. The number of esters is 1. The predicted octanol–water partition coefficient (Wildman–Crippen LogP) is 4.98. The lowest BCUT2D eigenvalue weighted by Crippen LogP contribution is -2.24. The van der Waals surface area contributed by atoms with Gasteiger partial charge in [-0.25, -0.2) is 4.79 Å². The maximum Gasteiger partial charge on any atom is 0.331 e. The van der Waals surface area contributed by atoms with Gasteiger partial charge in [-0.3, -0.25) is 4.79 Å². The molecule has 0 saturated heterocycles. The van der Waals surface area contributed by atoms with Crippen molar-refractivity contribution in [2.75, 3.05) is 0 Å². The van der Waals surface area contributed by atoms with Gasteiger partial charge in [-0.15, -0.1) is 11.3 Å². The Morgan fingerprint density at radius 3 is 2.52 bits per heavy atom. The standard InChI is InChI=1S/C22H21NO3S/c1-15-14-20(16(2)23(15)18-8-5-4-6-9-18)22(25)17(3)26-21(24)12-11-19-10-7-13-27-19/h4-14,17H,1-3H3/b12-11+/t17-/m0/s1. The van der Waals surface area contributed by atoms with Crippen LogP contribution in [-0.4, -0.2) is 22.4 Å². The molecule has 0 spiro atoms. The number of benzene rings is 1. The third kappa shape index (κ3) is 4.26. The highest BCUT2D eigenvalue weighted by molar-refractivity contribution is 7.10. The fourth-order valence-electron chi connectivity index (χ4n) is 3.01. The molecular weight excluding hydrogens is 358 g/mol. The zero-order valence-corrected chi connectivity index (χ0v) is 16.3. The summed E-state index contributed by atoms with van der Waals surface area (Å²) in [6.07, 6.45) is 2.18. The van der Waals surface area contributed by atoms with Gasteiger partial charge >= 0.3 is 5.97 Å². The van der Waals surface area contributed by atoms with Crippen LogP contribution in [0.15, 0.2) is 60.0 Å². The first-order valence-electron chi connectivity index (χ1n) is 8.68. The van der Waals surface area contributed by atoms with Crippen molar-refractivity contribution in [2.45, 2.75) is 26.9 Å². The van der Waals surface area contributed by atoms with Crippen LogP contribution in [0.4, 0.5) is 0 Å². The number of nitrogens with zero attached hydrogens (tertiary/aromatic N) is 1. The van der Waals surface area contributed by atoms with Gasteiger partial charge in [0, 0.05) is 33.6 Å². The highest BCUT2D eigenvalue weighted by atomic mass is 32.1. The second-order valence-electron chi connectivity index (χ2n) is 6.25. The van der Waals surface area contributed by atoms with Crippen LogP contribution in [0.3, 0.4) is 0 Å². The van der Waals surface area contributed by atoms with E-state index in [1.165, 1.54) is 17.4 Å². The molecule has 0 aliphatic carbocycles. The molecule has 27 heavy (non-hydrogen) atoms. The monoisotopic (exact) mass is 379 g/mol. The number of ketones is 1. The third-order valence-electron chi connectivity index (χ3n) is 4.30. The predicted molar refractivity (Wildman–Crippen MR) is 108 cm³/mol. The van der Waals surface area contributed by atoms with Gasteiger partial charge in [0.25, 0.3) is 0 Å². The number of thiophene rings is 1. The summed E-state index contributed by atoms with van der Waals surface area (Å²) in [5.74, 6) is -0.732. The van der Waals surface area contributed by atoms with E-state index in [4.69, 9.17) is 4.74 Å². The van der Waals surface area contributed by atoms with Crippen LogP contribution in [0.5, 0.6) is 0 Å². The highest BCUT2D eigenvalue weighted by Gasteiger charge is 2.23. The lowest BCUT2D eigenvalue weighted by atomic mass is 10.1. The number of carbonyl (C=O) groups excluding carboxylic acids is 2. The van der Waals surface area contributed by atoms with E-state index in [0.717, 1.165) is 22.0 Å². The molecule has 4 nitrogen and oxygen atoms in total. The van der Waals surface area contributed by atoms with Gasteiger partial charge in [-0.05, 0) is 56.5 Å². The van der Waals surface area contributed by atoms with Crippen LogP contribution in [0, 0.1) is 13.8 Å². The lowest BCUT2D eigenvalue weighted by molar-refractivity contribution is -0.140. The van der Waals surface area contributed by atoms with Crippen LogP contribution in [0.1, 0.15) is 33.5 Å². The van der Waals surface area contributed by atoms with Crippen LogP contribution in [-0.2, 0) is 9.53 Å². The first-order valence-corrected chi connectivity index (χ1v) is 9.56. The Kier molecular flexibility index (Phi) is 5.72. The molecule has 5 heteroatoms. The van der Waals surface area contributed by atoms with E-state index >= 15 is 0 Å². The fourth-order valence-corrected chi connectivity index (χ4v) is 3.63. The van der Waals surface area contributed by atoms with Crippen molar-refractivity contribution in [3.63, 3.8) is 0 Å². The normalized spacial score (nSPS) is 12.3. The molecule has 0 fully saturated rings. The average molecular weight is 379 g/mol. The van der Waals surface area contributed by atoms with Crippen LogP contribution >= 0.6 is 11.3 Å². The van der Waals surface area contributed by atoms with Crippen molar-refractivity contribution < 1.29 is 14.3 Å². The molecule has 0 saturated carbocycles. The topological polar surface area (TPSA) is 48.3 Å². The second kappa shape index (κ2) is 8.18. The van der Waals surface area contributed by atoms with Crippen LogP contribution < -0.4 is 0 Å². The van der Waals surface area contributed by atoms with Crippen molar-refractivity contribution >= 4 is 29.2 Å².